The molecule has 8 heteroatoms. The van der Waals surface area contributed by atoms with Gasteiger partial charge in [0.15, 0.2) is 0 Å². The van der Waals surface area contributed by atoms with Gasteiger partial charge in [-0.2, -0.15) is 0 Å². The van der Waals surface area contributed by atoms with E-state index in [0.29, 0.717) is 35.9 Å². The van der Waals surface area contributed by atoms with E-state index in [4.69, 9.17) is 10.1 Å². The summed E-state index contributed by atoms with van der Waals surface area (Å²) in [5.74, 6) is -1.33. The van der Waals surface area contributed by atoms with Crippen LogP contribution in [0.3, 0.4) is 0 Å². The molecule has 0 spiro atoms. The molecule has 1 unspecified atom stereocenters. The molecule has 5 rings (SSSR count). The van der Waals surface area contributed by atoms with Crippen LogP contribution in [0.25, 0.3) is 0 Å². The van der Waals surface area contributed by atoms with E-state index in [9.17, 15) is 4.39 Å². The Labute approximate surface area is 206 Å². The summed E-state index contributed by atoms with van der Waals surface area (Å²) >= 11 is 3.16. The molecule has 1 saturated carbocycles. The maximum Gasteiger partial charge on any atom is 0.132 e. The van der Waals surface area contributed by atoms with Crippen molar-refractivity contribution in [3.05, 3.63) is 62.6 Å². The molecule has 1 saturated heterocycles. The van der Waals surface area contributed by atoms with Crippen molar-refractivity contribution in [3.63, 3.8) is 0 Å². The van der Waals surface area contributed by atoms with Gasteiger partial charge in [-0.25, -0.2) is 13.2 Å². The van der Waals surface area contributed by atoms with E-state index >= 15 is 8.78 Å². The predicted molar refractivity (Wildman–Crippen MR) is 130 cm³/mol. The number of anilines is 1. The van der Waals surface area contributed by atoms with Gasteiger partial charge >= 0.3 is 0 Å². The van der Waals surface area contributed by atoms with Gasteiger partial charge in [0.25, 0.3) is 0 Å². The average Bonchev–Trinajstić information content (AvgIpc) is 3.52. The molecule has 2 aliphatic heterocycles. The van der Waals surface area contributed by atoms with Crippen LogP contribution in [-0.4, -0.2) is 42.2 Å². The third kappa shape index (κ3) is 4.52. The zero-order chi connectivity index (χ0) is 24.0. The van der Waals surface area contributed by atoms with E-state index in [2.05, 4.69) is 21.2 Å². The van der Waals surface area contributed by atoms with E-state index < -0.39 is 23.3 Å². The molecule has 0 aromatic heterocycles. The van der Waals surface area contributed by atoms with Crippen molar-refractivity contribution in [2.45, 2.75) is 69.4 Å². The van der Waals surface area contributed by atoms with Gasteiger partial charge in [0, 0.05) is 46.7 Å². The molecule has 3 aliphatic rings. The van der Waals surface area contributed by atoms with Crippen LogP contribution < -0.4 is 5.32 Å². The first-order valence-electron chi connectivity index (χ1n) is 11.9. The lowest BCUT2D eigenvalue weighted by Gasteiger charge is -2.44. The van der Waals surface area contributed by atoms with Crippen LogP contribution in [0.4, 0.5) is 18.9 Å². The Morgan fingerprint density at radius 2 is 1.97 bits per heavy atom. The lowest BCUT2D eigenvalue weighted by Crippen LogP contribution is -2.47. The Morgan fingerprint density at radius 3 is 2.59 bits per heavy atom. The van der Waals surface area contributed by atoms with Crippen LogP contribution in [0.1, 0.15) is 67.3 Å². The molecule has 2 aromatic rings. The van der Waals surface area contributed by atoms with E-state index in [0.717, 1.165) is 36.1 Å². The van der Waals surface area contributed by atoms with Crippen LogP contribution in [0, 0.1) is 17.0 Å². The van der Waals surface area contributed by atoms with Crippen molar-refractivity contribution in [1.82, 2.24) is 4.90 Å². The minimum absolute atomic E-state index is 0.0764. The van der Waals surface area contributed by atoms with Gasteiger partial charge < -0.3 is 15.5 Å². The summed E-state index contributed by atoms with van der Waals surface area (Å²) in [5, 5.41) is 11.6. The van der Waals surface area contributed by atoms with Gasteiger partial charge in [-0.1, -0.05) is 22.0 Å². The van der Waals surface area contributed by atoms with Crippen molar-refractivity contribution in [1.29, 1.82) is 5.41 Å². The Hall–Kier alpha value is -1.90. The van der Waals surface area contributed by atoms with Gasteiger partial charge in [-0.15, -0.1) is 0 Å². The smallest absolute Gasteiger partial charge is 0.132 e. The van der Waals surface area contributed by atoms with Crippen LogP contribution in [-0.2, 0) is 11.2 Å². The fourth-order valence-electron chi connectivity index (χ4n) is 5.33. The van der Waals surface area contributed by atoms with Crippen LogP contribution in [0.15, 0.2) is 28.7 Å². The maximum atomic E-state index is 15.2. The van der Waals surface area contributed by atoms with Crippen molar-refractivity contribution in [2.24, 2.45) is 0 Å². The number of nitrogens with one attached hydrogen (secondary N) is 2. The van der Waals surface area contributed by atoms with Crippen molar-refractivity contribution in [3.8, 4) is 0 Å². The Morgan fingerprint density at radius 1 is 1.24 bits per heavy atom. The normalized spacial score (nSPS) is 26.1. The first-order valence-corrected chi connectivity index (χ1v) is 12.7. The fraction of sp³-hybridized carbons (Fsp3) is 0.500. The van der Waals surface area contributed by atoms with Crippen molar-refractivity contribution >= 4 is 27.8 Å². The number of ether oxygens (including phenoxy) is 1. The van der Waals surface area contributed by atoms with E-state index in [1.165, 1.54) is 18.3 Å². The molecule has 2 heterocycles. The minimum atomic E-state index is -1.31. The minimum Gasteiger partial charge on any atom is -0.360 e. The number of hydrogen-bond acceptors (Lipinski definition) is 4. The molecule has 3 atom stereocenters. The molecule has 0 radical (unpaired) electrons. The molecule has 34 heavy (non-hydrogen) atoms. The summed E-state index contributed by atoms with van der Waals surface area (Å²) < 4.78 is 51.6. The molecule has 1 aliphatic carbocycles. The second-order valence-electron chi connectivity index (χ2n) is 9.80. The molecular weight excluding hydrogens is 507 g/mol. The molecule has 182 valence electrons. The number of alkyl halides is 1. The highest BCUT2D eigenvalue weighted by molar-refractivity contribution is 9.10. The lowest BCUT2D eigenvalue weighted by molar-refractivity contribution is 0.0343. The largest absolute Gasteiger partial charge is 0.360 e. The van der Waals surface area contributed by atoms with E-state index in [1.807, 2.05) is 24.0 Å². The van der Waals surface area contributed by atoms with Gasteiger partial charge in [0.1, 0.15) is 23.5 Å². The van der Waals surface area contributed by atoms with Crippen molar-refractivity contribution < 1.29 is 17.9 Å². The number of rotatable bonds is 6. The van der Waals surface area contributed by atoms with Gasteiger partial charge in [0.2, 0.25) is 0 Å². The topological polar surface area (TPSA) is 48.4 Å². The molecule has 2 aromatic carbocycles. The summed E-state index contributed by atoms with van der Waals surface area (Å²) in [7, 11) is 0. The number of hydrogen-bond donors (Lipinski definition) is 2. The SMILES string of the molecule is C[C@@H]1Cc2c(ccc(NC3CCCCO3)c2C=N)[C@@H](c2c(F)cc(Br)cc2F)N1CC1(F)CC1. The number of halogens is 4. The number of benzene rings is 2. The Kier molecular flexibility index (Phi) is 6.50. The average molecular weight is 536 g/mol. The standard InChI is InChI=1S/C26H29BrF3N3O/c1-15-10-18-17(5-6-22(19(18)13-31)32-23-4-2-3-9-34-23)25(33(15)14-26(30)7-8-26)24-20(28)11-16(27)12-21(24)29/h5-6,11-13,15,23,25,31-32H,2-4,7-10,14H2,1H3/t15-,23?,25+/m1/s1. The number of fused-ring (bicyclic) bond motifs is 1. The summed E-state index contributed by atoms with van der Waals surface area (Å²) in [6.07, 6.45) is 5.67. The lowest BCUT2D eigenvalue weighted by atomic mass is 9.81. The monoisotopic (exact) mass is 535 g/mol. The quantitative estimate of drug-likeness (QED) is 0.415. The molecule has 0 amide bonds. The maximum absolute atomic E-state index is 15.2. The molecule has 4 nitrogen and oxygen atoms in total. The molecule has 2 fully saturated rings. The summed E-state index contributed by atoms with van der Waals surface area (Å²) in [6.45, 7) is 2.79. The first kappa shape index (κ1) is 23.8. The third-order valence-electron chi connectivity index (χ3n) is 7.30. The molecular formula is C26H29BrF3N3O. The zero-order valence-electron chi connectivity index (χ0n) is 19.1. The Balaban J connectivity index is 1.62. The Bertz CT molecular complexity index is 1080. The number of nitrogens with zero attached hydrogens (tertiary/aromatic N) is 1. The zero-order valence-corrected chi connectivity index (χ0v) is 20.7. The highest BCUT2D eigenvalue weighted by atomic mass is 79.9. The van der Waals surface area contributed by atoms with Gasteiger partial charge in [-0.05, 0) is 74.8 Å². The first-order chi connectivity index (χ1) is 16.3. The summed E-state index contributed by atoms with van der Waals surface area (Å²) in [6, 6.07) is 5.30. The third-order valence-corrected chi connectivity index (χ3v) is 7.76. The van der Waals surface area contributed by atoms with Crippen LogP contribution in [0.2, 0.25) is 0 Å². The summed E-state index contributed by atoms with van der Waals surface area (Å²) in [5.41, 5.74) is 1.68. The van der Waals surface area contributed by atoms with Crippen LogP contribution >= 0.6 is 15.9 Å². The second-order valence-corrected chi connectivity index (χ2v) is 10.7. The highest BCUT2D eigenvalue weighted by Crippen LogP contribution is 2.47. The van der Waals surface area contributed by atoms with Crippen molar-refractivity contribution in [2.75, 3.05) is 18.5 Å². The molecule has 2 N–H and O–H groups in total. The van der Waals surface area contributed by atoms with Gasteiger partial charge in [0.05, 0.1) is 6.04 Å². The van der Waals surface area contributed by atoms with E-state index in [1.54, 1.807) is 0 Å². The summed E-state index contributed by atoms with van der Waals surface area (Å²) in [4.78, 5) is 1.90. The second kappa shape index (κ2) is 9.28. The van der Waals surface area contributed by atoms with Crippen LogP contribution in [0.5, 0.6) is 0 Å². The van der Waals surface area contributed by atoms with E-state index in [-0.39, 0.29) is 24.4 Å². The fourth-order valence-corrected chi connectivity index (χ4v) is 5.74. The van der Waals surface area contributed by atoms with Gasteiger partial charge in [-0.3, -0.25) is 4.90 Å². The highest BCUT2D eigenvalue weighted by Gasteiger charge is 2.48. The molecule has 0 bridgehead atoms. The predicted octanol–water partition coefficient (Wildman–Crippen LogP) is 6.50.